The monoisotopic (exact) mass is 281 g/mol. The maximum atomic E-state index is 12.1. The van der Waals surface area contributed by atoms with Crippen molar-refractivity contribution < 1.29 is 4.79 Å². The van der Waals surface area contributed by atoms with E-state index in [-0.39, 0.29) is 5.91 Å². The van der Waals surface area contributed by atoms with Gasteiger partial charge in [0.25, 0.3) is 5.91 Å². The highest BCUT2D eigenvalue weighted by Gasteiger charge is 2.11. The van der Waals surface area contributed by atoms with Crippen molar-refractivity contribution in [3.63, 3.8) is 0 Å². The van der Waals surface area contributed by atoms with Crippen LogP contribution in [0.15, 0.2) is 12.3 Å². The second-order valence-corrected chi connectivity index (χ2v) is 5.39. The van der Waals surface area contributed by atoms with E-state index in [4.69, 9.17) is 0 Å². The number of thioether (sulfide) groups is 1. The summed E-state index contributed by atoms with van der Waals surface area (Å²) in [5.74, 6) is 1.01. The lowest BCUT2D eigenvalue weighted by Gasteiger charge is -2.12. The molecule has 1 amide bonds. The Morgan fingerprint density at radius 1 is 1.42 bits per heavy atom. The number of pyridine rings is 1. The molecule has 0 aliphatic heterocycles. The number of aryl methyl sites for hydroxylation is 1. The predicted molar refractivity (Wildman–Crippen MR) is 83.1 cm³/mol. The fraction of sp³-hybridized carbons (Fsp3) is 0.571. The summed E-state index contributed by atoms with van der Waals surface area (Å²) < 4.78 is 0. The maximum absolute atomic E-state index is 12.1. The Bertz CT molecular complexity index is 410. The van der Waals surface area contributed by atoms with Crippen LogP contribution in [0.4, 0.5) is 5.69 Å². The molecule has 0 radical (unpaired) electrons. The first-order valence-corrected chi connectivity index (χ1v) is 8.06. The van der Waals surface area contributed by atoms with Crippen LogP contribution < -0.4 is 10.6 Å². The average Bonchev–Trinajstić information content (AvgIpc) is 2.41. The third-order valence-electron chi connectivity index (χ3n) is 2.66. The number of carbonyl (C=O) groups excluding carboxylic acids is 1. The molecule has 0 bridgehead atoms. The van der Waals surface area contributed by atoms with Gasteiger partial charge in [0.05, 0.1) is 11.3 Å². The van der Waals surface area contributed by atoms with Gasteiger partial charge in [0, 0.05) is 25.0 Å². The Hall–Kier alpha value is -1.23. The molecule has 2 N–H and O–H groups in total. The van der Waals surface area contributed by atoms with Gasteiger partial charge >= 0.3 is 0 Å². The second kappa shape index (κ2) is 8.80. The van der Waals surface area contributed by atoms with Crippen molar-refractivity contribution in [1.29, 1.82) is 0 Å². The number of hydrogen-bond acceptors (Lipinski definition) is 4. The van der Waals surface area contributed by atoms with E-state index < -0.39 is 0 Å². The molecule has 4 nitrogen and oxygen atoms in total. The highest BCUT2D eigenvalue weighted by molar-refractivity contribution is 7.98. The van der Waals surface area contributed by atoms with E-state index in [0.717, 1.165) is 36.5 Å². The summed E-state index contributed by atoms with van der Waals surface area (Å²) in [6.07, 6.45) is 5.73. The highest BCUT2D eigenvalue weighted by atomic mass is 32.2. The zero-order valence-electron chi connectivity index (χ0n) is 12.0. The Morgan fingerprint density at radius 2 is 2.21 bits per heavy atom. The number of aromatic nitrogens is 1. The molecule has 0 saturated heterocycles. The number of nitrogens with zero attached hydrogens (tertiary/aromatic N) is 1. The van der Waals surface area contributed by atoms with Crippen LogP contribution in [0.5, 0.6) is 0 Å². The fourth-order valence-electron chi connectivity index (χ4n) is 1.66. The lowest BCUT2D eigenvalue weighted by Crippen LogP contribution is -2.26. The predicted octanol–water partition coefficient (Wildman–Crippen LogP) is 2.69. The first kappa shape index (κ1) is 15.8. The number of rotatable bonds is 8. The summed E-state index contributed by atoms with van der Waals surface area (Å²) in [5.41, 5.74) is 2.41. The molecule has 5 heteroatoms. The number of anilines is 1. The average molecular weight is 281 g/mol. The smallest absolute Gasteiger partial charge is 0.254 e. The van der Waals surface area contributed by atoms with Crippen LogP contribution in [-0.2, 0) is 0 Å². The first-order valence-electron chi connectivity index (χ1n) is 6.66. The summed E-state index contributed by atoms with van der Waals surface area (Å²) in [7, 11) is 0. The minimum atomic E-state index is -0.0489. The zero-order chi connectivity index (χ0) is 14.1. The second-order valence-electron chi connectivity index (χ2n) is 4.40. The SMILES string of the molecule is CCCNc1cc(C)ncc1C(=O)NCCCSC. The Balaban J connectivity index is 2.66. The highest BCUT2D eigenvalue weighted by Crippen LogP contribution is 2.15. The van der Waals surface area contributed by atoms with Crippen molar-refractivity contribution in [2.45, 2.75) is 26.7 Å². The van der Waals surface area contributed by atoms with Gasteiger partial charge in [-0.3, -0.25) is 9.78 Å². The van der Waals surface area contributed by atoms with Crippen molar-refractivity contribution in [2.75, 3.05) is 30.4 Å². The van der Waals surface area contributed by atoms with E-state index in [2.05, 4.69) is 28.8 Å². The van der Waals surface area contributed by atoms with Crippen LogP contribution in [-0.4, -0.2) is 36.0 Å². The molecule has 0 spiro atoms. The molecular weight excluding hydrogens is 258 g/mol. The molecule has 0 aliphatic rings. The van der Waals surface area contributed by atoms with Gasteiger partial charge in [0.15, 0.2) is 0 Å². The summed E-state index contributed by atoms with van der Waals surface area (Å²) in [4.78, 5) is 16.3. The van der Waals surface area contributed by atoms with Crippen LogP contribution >= 0.6 is 11.8 Å². The Labute approximate surface area is 119 Å². The molecule has 0 aromatic carbocycles. The summed E-state index contributed by atoms with van der Waals surface area (Å²) in [5, 5.41) is 6.22. The molecule has 1 aromatic heterocycles. The molecule has 19 heavy (non-hydrogen) atoms. The van der Waals surface area contributed by atoms with E-state index in [1.54, 1.807) is 18.0 Å². The minimum Gasteiger partial charge on any atom is -0.384 e. The van der Waals surface area contributed by atoms with Crippen LogP contribution in [0.3, 0.4) is 0 Å². The zero-order valence-corrected chi connectivity index (χ0v) is 12.8. The number of carbonyl (C=O) groups is 1. The molecule has 106 valence electrons. The van der Waals surface area contributed by atoms with Crippen LogP contribution in [0.1, 0.15) is 35.8 Å². The summed E-state index contributed by atoms with van der Waals surface area (Å²) in [6.45, 7) is 5.59. The Morgan fingerprint density at radius 3 is 2.89 bits per heavy atom. The quantitative estimate of drug-likeness (QED) is 0.719. The molecule has 0 unspecified atom stereocenters. The van der Waals surface area contributed by atoms with E-state index in [0.29, 0.717) is 12.1 Å². The van der Waals surface area contributed by atoms with Crippen LogP contribution in [0.25, 0.3) is 0 Å². The van der Waals surface area contributed by atoms with Crippen molar-refractivity contribution in [1.82, 2.24) is 10.3 Å². The molecular formula is C14H23N3OS. The van der Waals surface area contributed by atoms with Crippen molar-refractivity contribution in [3.8, 4) is 0 Å². The van der Waals surface area contributed by atoms with Gasteiger partial charge in [-0.25, -0.2) is 0 Å². The largest absolute Gasteiger partial charge is 0.384 e. The normalized spacial score (nSPS) is 10.3. The third kappa shape index (κ3) is 5.51. The molecule has 0 atom stereocenters. The fourth-order valence-corrected chi connectivity index (χ4v) is 2.09. The van der Waals surface area contributed by atoms with Gasteiger partial charge in [-0.2, -0.15) is 11.8 Å². The number of hydrogen-bond donors (Lipinski definition) is 2. The van der Waals surface area contributed by atoms with Gasteiger partial charge in [0.2, 0.25) is 0 Å². The molecule has 1 aromatic rings. The Kier molecular flexibility index (Phi) is 7.33. The van der Waals surface area contributed by atoms with Crippen LogP contribution in [0, 0.1) is 6.92 Å². The molecule has 1 heterocycles. The van der Waals surface area contributed by atoms with Gasteiger partial charge in [-0.15, -0.1) is 0 Å². The van der Waals surface area contributed by atoms with E-state index in [1.165, 1.54) is 0 Å². The van der Waals surface area contributed by atoms with E-state index >= 15 is 0 Å². The molecule has 1 rings (SSSR count). The molecule has 0 fully saturated rings. The van der Waals surface area contributed by atoms with Gasteiger partial charge in [-0.1, -0.05) is 6.92 Å². The van der Waals surface area contributed by atoms with Crippen molar-refractivity contribution in [2.24, 2.45) is 0 Å². The lowest BCUT2D eigenvalue weighted by molar-refractivity contribution is 0.0954. The minimum absolute atomic E-state index is 0.0489. The lowest BCUT2D eigenvalue weighted by atomic mass is 10.2. The van der Waals surface area contributed by atoms with Gasteiger partial charge in [0.1, 0.15) is 0 Å². The van der Waals surface area contributed by atoms with E-state index in [9.17, 15) is 4.79 Å². The molecule has 0 saturated carbocycles. The third-order valence-corrected chi connectivity index (χ3v) is 3.36. The first-order chi connectivity index (χ1) is 9.19. The van der Waals surface area contributed by atoms with Gasteiger partial charge < -0.3 is 10.6 Å². The van der Waals surface area contributed by atoms with Gasteiger partial charge in [-0.05, 0) is 37.8 Å². The standard InChI is InChI=1S/C14H23N3OS/c1-4-6-15-13-9-11(2)17-10-12(13)14(18)16-7-5-8-19-3/h9-10H,4-8H2,1-3H3,(H,15,17)(H,16,18). The summed E-state index contributed by atoms with van der Waals surface area (Å²) in [6, 6.07) is 1.92. The van der Waals surface area contributed by atoms with E-state index in [1.807, 2.05) is 13.0 Å². The number of amides is 1. The van der Waals surface area contributed by atoms with Crippen LogP contribution in [0.2, 0.25) is 0 Å². The maximum Gasteiger partial charge on any atom is 0.254 e. The van der Waals surface area contributed by atoms with Crippen molar-refractivity contribution in [3.05, 3.63) is 23.5 Å². The topological polar surface area (TPSA) is 54.0 Å². The number of nitrogens with one attached hydrogen (secondary N) is 2. The van der Waals surface area contributed by atoms with Crippen molar-refractivity contribution >= 4 is 23.4 Å². The molecule has 0 aliphatic carbocycles. The summed E-state index contributed by atoms with van der Waals surface area (Å²) >= 11 is 1.79.